The van der Waals surface area contributed by atoms with Crippen LogP contribution in [0.4, 0.5) is 5.69 Å². The molecule has 5 heteroatoms. The van der Waals surface area contributed by atoms with Gasteiger partial charge in [0.25, 0.3) is 5.91 Å². The Hall–Kier alpha value is -3.11. The number of fused-ring (bicyclic) bond motifs is 1. The minimum Gasteiger partial charge on any atom is -0.481 e. The van der Waals surface area contributed by atoms with Gasteiger partial charge in [-0.1, -0.05) is 60.1 Å². The van der Waals surface area contributed by atoms with Crippen molar-refractivity contribution < 1.29 is 14.7 Å². The summed E-state index contributed by atoms with van der Waals surface area (Å²) in [6.07, 6.45) is 0. The molecular formula is C22H16ClNO3. The molecule has 27 heavy (non-hydrogen) atoms. The second-order valence-electron chi connectivity index (χ2n) is 6.41. The van der Waals surface area contributed by atoms with Crippen molar-refractivity contribution in [2.75, 3.05) is 4.90 Å². The molecule has 0 fully saturated rings. The van der Waals surface area contributed by atoms with Crippen LogP contribution in [0.15, 0.2) is 78.9 Å². The average Bonchev–Trinajstić information content (AvgIpc) is 2.69. The van der Waals surface area contributed by atoms with E-state index in [1.54, 1.807) is 53.4 Å². The van der Waals surface area contributed by atoms with Gasteiger partial charge in [-0.15, -0.1) is 0 Å². The Labute approximate surface area is 161 Å². The van der Waals surface area contributed by atoms with Crippen LogP contribution in [-0.2, 0) is 4.79 Å². The molecule has 1 N–H and O–H groups in total. The SMILES string of the molecule is O=C(O)[C@@H]1c2ccccc2C(=O)N(c2ccc(Cl)cc2)[C@@H]1c1ccccc1. The number of carboxylic acid groups (broad SMARTS) is 1. The van der Waals surface area contributed by atoms with E-state index >= 15 is 0 Å². The first-order valence-electron chi connectivity index (χ1n) is 8.54. The second-order valence-corrected chi connectivity index (χ2v) is 6.85. The van der Waals surface area contributed by atoms with Gasteiger partial charge in [0.1, 0.15) is 5.92 Å². The number of carbonyl (C=O) groups is 2. The van der Waals surface area contributed by atoms with Crippen molar-refractivity contribution in [3.05, 3.63) is 101 Å². The molecule has 134 valence electrons. The highest BCUT2D eigenvalue weighted by Gasteiger charge is 2.44. The first-order chi connectivity index (χ1) is 13.1. The van der Waals surface area contributed by atoms with Crippen molar-refractivity contribution in [3.8, 4) is 0 Å². The lowest BCUT2D eigenvalue weighted by molar-refractivity contribution is -0.139. The minimum absolute atomic E-state index is 0.223. The zero-order valence-corrected chi connectivity index (χ0v) is 15.0. The highest BCUT2D eigenvalue weighted by Crippen LogP contribution is 2.45. The number of nitrogens with zero attached hydrogens (tertiary/aromatic N) is 1. The van der Waals surface area contributed by atoms with Gasteiger partial charge in [0.2, 0.25) is 0 Å². The van der Waals surface area contributed by atoms with Crippen LogP contribution in [-0.4, -0.2) is 17.0 Å². The van der Waals surface area contributed by atoms with Crippen LogP contribution in [0.25, 0.3) is 0 Å². The number of carbonyl (C=O) groups excluding carboxylic acids is 1. The van der Waals surface area contributed by atoms with Crippen molar-refractivity contribution >= 4 is 29.2 Å². The van der Waals surface area contributed by atoms with Gasteiger partial charge in [0.15, 0.2) is 0 Å². The van der Waals surface area contributed by atoms with E-state index in [9.17, 15) is 14.7 Å². The van der Waals surface area contributed by atoms with Gasteiger partial charge in [-0.2, -0.15) is 0 Å². The molecule has 3 aromatic carbocycles. The Kier molecular flexibility index (Phi) is 4.42. The van der Waals surface area contributed by atoms with Crippen LogP contribution in [0, 0.1) is 0 Å². The number of halogens is 1. The second kappa shape index (κ2) is 6.89. The fourth-order valence-corrected chi connectivity index (χ4v) is 3.80. The smallest absolute Gasteiger partial charge is 0.313 e. The number of hydrogen-bond acceptors (Lipinski definition) is 2. The highest BCUT2D eigenvalue weighted by atomic mass is 35.5. The summed E-state index contributed by atoms with van der Waals surface area (Å²) in [4.78, 5) is 27.2. The van der Waals surface area contributed by atoms with Crippen LogP contribution in [0.1, 0.15) is 33.4 Å². The van der Waals surface area contributed by atoms with Gasteiger partial charge in [0.05, 0.1) is 6.04 Å². The number of benzene rings is 3. The summed E-state index contributed by atoms with van der Waals surface area (Å²) in [6, 6.07) is 22.4. The summed E-state index contributed by atoms with van der Waals surface area (Å²) in [6.45, 7) is 0. The predicted octanol–water partition coefficient (Wildman–Crippen LogP) is 4.91. The largest absolute Gasteiger partial charge is 0.481 e. The first kappa shape index (κ1) is 17.3. The Morgan fingerprint density at radius 1 is 0.889 bits per heavy atom. The molecule has 2 atom stereocenters. The quantitative estimate of drug-likeness (QED) is 0.705. The summed E-state index contributed by atoms with van der Waals surface area (Å²) in [5.41, 5.74) is 2.32. The molecule has 1 aliphatic rings. The zero-order valence-electron chi connectivity index (χ0n) is 14.2. The monoisotopic (exact) mass is 377 g/mol. The molecule has 0 radical (unpaired) electrons. The fourth-order valence-electron chi connectivity index (χ4n) is 3.68. The van der Waals surface area contributed by atoms with Crippen LogP contribution in [0.2, 0.25) is 5.02 Å². The predicted molar refractivity (Wildman–Crippen MR) is 104 cm³/mol. The van der Waals surface area contributed by atoms with Crippen LogP contribution in [0.5, 0.6) is 0 Å². The number of hydrogen-bond donors (Lipinski definition) is 1. The van der Waals surface area contributed by atoms with Crippen molar-refractivity contribution in [2.45, 2.75) is 12.0 Å². The van der Waals surface area contributed by atoms with Crippen molar-refractivity contribution in [1.29, 1.82) is 0 Å². The maximum absolute atomic E-state index is 13.4. The Morgan fingerprint density at radius 2 is 1.52 bits per heavy atom. The lowest BCUT2D eigenvalue weighted by Gasteiger charge is -2.40. The Bertz CT molecular complexity index is 1000. The summed E-state index contributed by atoms with van der Waals surface area (Å²) in [7, 11) is 0. The van der Waals surface area contributed by atoms with Crippen LogP contribution in [0.3, 0.4) is 0 Å². The molecule has 1 aliphatic heterocycles. The molecule has 4 rings (SSSR count). The topological polar surface area (TPSA) is 57.6 Å². The lowest BCUT2D eigenvalue weighted by Crippen LogP contribution is -2.45. The van der Waals surface area contributed by atoms with E-state index in [-0.39, 0.29) is 5.91 Å². The summed E-state index contributed by atoms with van der Waals surface area (Å²) < 4.78 is 0. The lowest BCUT2D eigenvalue weighted by atomic mass is 9.79. The number of amides is 1. The van der Waals surface area contributed by atoms with Gasteiger partial charge >= 0.3 is 5.97 Å². The highest BCUT2D eigenvalue weighted by molar-refractivity contribution is 6.30. The maximum atomic E-state index is 13.4. The molecule has 0 spiro atoms. The van der Waals surface area contributed by atoms with Crippen LogP contribution < -0.4 is 4.90 Å². The van der Waals surface area contributed by atoms with E-state index in [1.807, 2.05) is 30.3 Å². The molecule has 0 unspecified atom stereocenters. The maximum Gasteiger partial charge on any atom is 0.313 e. The van der Waals surface area contributed by atoms with Crippen LogP contribution >= 0.6 is 11.6 Å². The van der Waals surface area contributed by atoms with Crippen molar-refractivity contribution in [1.82, 2.24) is 0 Å². The number of aliphatic carboxylic acids is 1. The Morgan fingerprint density at radius 3 is 2.19 bits per heavy atom. The van der Waals surface area contributed by atoms with Gasteiger partial charge in [-0.05, 0) is 41.5 Å². The molecule has 4 nitrogen and oxygen atoms in total. The Balaban J connectivity index is 1.98. The molecule has 0 aliphatic carbocycles. The third-order valence-electron chi connectivity index (χ3n) is 4.85. The normalized spacial score (nSPS) is 18.9. The van der Waals surface area contributed by atoms with E-state index in [2.05, 4.69) is 0 Å². The van der Waals surface area contributed by atoms with E-state index in [4.69, 9.17) is 11.6 Å². The summed E-state index contributed by atoms with van der Waals surface area (Å²) >= 11 is 6.00. The van der Waals surface area contributed by atoms with Gasteiger partial charge in [0, 0.05) is 16.3 Å². The molecular weight excluding hydrogens is 362 g/mol. The number of carboxylic acids is 1. The third kappa shape index (κ3) is 2.98. The molecule has 0 aromatic heterocycles. The fraction of sp³-hybridized carbons (Fsp3) is 0.0909. The molecule has 0 saturated heterocycles. The number of rotatable bonds is 3. The molecule has 1 amide bonds. The third-order valence-corrected chi connectivity index (χ3v) is 5.10. The van der Waals surface area contributed by atoms with E-state index in [0.29, 0.717) is 21.8 Å². The first-order valence-corrected chi connectivity index (χ1v) is 8.91. The van der Waals surface area contributed by atoms with E-state index < -0.39 is 17.9 Å². The minimum atomic E-state index is -0.970. The van der Waals surface area contributed by atoms with E-state index in [0.717, 1.165) is 5.56 Å². The van der Waals surface area contributed by atoms with Gasteiger partial charge in [-0.3, -0.25) is 14.5 Å². The van der Waals surface area contributed by atoms with Gasteiger partial charge < -0.3 is 5.11 Å². The molecule has 0 bridgehead atoms. The standard InChI is InChI=1S/C22H16ClNO3/c23-15-10-12-16(13-11-15)24-20(14-6-2-1-3-7-14)19(22(26)27)17-8-4-5-9-18(17)21(24)25/h1-13,19-20H,(H,26,27)/t19-,20-/m1/s1. The summed E-state index contributed by atoms with van der Waals surface area (Å²) in [5.74, 6) is -2.07. The summed E-state index contributed by atoms with van der Waals surface area (Å²) in [5, 5.41) is 10.6. The van der Waals surface area contributed by atoms with Crippen molar-refractivity contribution in [2.24, 2.45) is 0 Å². The van der Waals surface area contributed by atoms with Gasteiger partial charge in [-0.25, -0.2) is 0 Å². The zero-order chi connectivity index (χ0) is 19.0. The molecule has 0 saturated carbocycles. The number of anilines is 1. The molecule has 3 aromatic rings. The van der Waals surface area contributed by atoms with Crippen molar-refractivity contribution in [3.63, 3.8) is 0 Å². The van der Waals surface area contributed by atoms with E-state index in [1.165, 1.54) is 0 Å². The average molecular weight is 378 g/mol. The molecule has 1 heterocycles.